The first-order valence-corrected chi connectivity index (χ1v) is 8.85. The van der Waals surface area contributed by atoms with Crippen molar-refractivity contribution in [1.82, 2.24) is 14.5 Å². The Balaban J connectivity index is 2.05. The fourth-order valence-electron chi connectivity index (χ4n) is 2.90. The molecule has 0 aromatic carbocycles. The third-order valence-corrected chi connectivity index (χ3v) is 6.13. The summed E-state index contributed by atoms with van der Waals surface area (Å²) in [6.45, 7) is 0.960. The van der Waals surface area contributed by atoms with Gasteiger partial charge in [-0.05, 0) is 53.3 Å². The molecule has 6 heteroatoms. The lowest BCUT2D eigenvalue weighted by molar-refractivity contribution is 0.508. The van der Waals surface area contributed by atoms with Gasteiger partial charge in [-0.1, -0.05) is 12.8 Å². The molecule has 0 atom stereocenters. The first-order valence-electron chi connectivity index (χ1n) is 6.43. The number of hydrogen-bond acceptors (Lipinski definition) is 3. The molecule has 3 rings (SSSR count). The zero-order valence-corrected chi connectivity index (χ0v) is 14.0. The summed E-state index contributed by atoms with van der Waals surface area (Å²) >= 11 is 10.9. The number of pyridine rings is 1. The van der Waals surface area contributed by atoms with Gasteiger partial charge < -0.3 is 9.55 Å². The Labute approximate surface area is 130 Å². The van der Waals surface area contributed by atoms with Crippen molar-refractivity contribution in [3.8, 4) is 0 Å². The maximum Gasteiger partial charge on any atom is 0.179 e. The van der Waals surface area contributed by atoms with E-state index in [4.69, 9.17) is 12.2 Å². The number of nitrogens with one attached hydrogen (secondary N) is 1. The highest BCUT2D eigenvalue weighted by Gasteiger charge is 2.34. The van der Waals surface area contributed by atoms with Crippen LogP contribution in [0.25, 0.3) is 11.2 Å². The molecule has 2 heterocycles. The zero-order valence-electron chi connectivity index (χ0n) is 10.8. The molecular weight excluding hydrogens is 342 g/mol. The SMILES string of the molecule is CSC1(Cn2c(=S)[nH]c3cc(Br)cnc32)CCCC1. The quantitative estimate of drug-likeness (QED) is 0.819. The molecule has 1 aliphatic carbocycles. The number of hydrogen-bond donors (Lipinski definition) is 1. The Hall–Kier alpha value is -0.330. The van der Waals surface area contributed by atoms with Crippen molar-refractivity contribution in [3.05, 3.63) is 21.5 Å². The van der Waals surface area contributed by atoms with Crippen LogP contribution in [0.2, 0.25) is 0 Å². The van der Waals surface area contributed by atoms with Crippen LogP contribution in [0, 0.1) is 4.77 Å². The Morgan fingerprint density at radius 2 is 2.26 bits per heavy atom. The molecule has 1 N–H and O–H groups in total. The highest BCUT2D eigenvalue weighted by atomic mass is 79.9. The van der Waals surface area contributed by atoms with Gasteiger partial charge in [-0.25, -0.2) is 4.98 Å². The van der Waals surface area contributed by atoms with Gasteiger partial charge in [0.1, 0.15) is 0 Å². The molecule has 1 fully saturated rings. The highest BCUT2D eigenvalue weighted by molar-refractivity contribution is 9.10. The normalized spacial score (nSPS) is 18.2. The molecule has 0 spiro atoms. The van der Waals surface area contributed by atoms with Gasteiger partial charge in [0.2, 0.25) is 0 Å². The summed E-state index contributed by atoms with van der Waals surface area (Å²) in [5.41, 5.74) is 1.97. The maximum absolute atomic E-state index is 5.47. The van der Waals surface area contributed by atoms with E-state index in [2.05, 4.69) is 36.7 Å². The van der Waals surface area contributed by atoms with E-state index in [-0.39, 0.29) is 0 Å². The van der Waals surface area contributed by atoms with Gasteiger partial charge in [0.05, 0.1) is 5.52 Å². The van der Waals surface area contributed by atoms with Crippen molar-refractivity contribution >= 4 is 51.1 Å². The summed E-state index contributed by atoms with van der Waals surface area (Å²) in [4.78, 5) is 7.78. The molecule has 102 valence electrons. The van der Waals surface area contributed by atoms with Crippen molar-refractivity contribution in [2.45, 2.75) is 37.0 Å². The number of halogens is 1. The fourth-order valence-corrected chi connectivity index (χ4v) is 4.45. The minimum atomic E-state index is 0.335. The second kappa shape index (κ2) is 5.22. The number of aromatic nitrogens is 3. The summed E-state index contributed by atoms with van der Waals surface area (Å²) in [6, 6.07) is 2.04. The molecule has 0 saturated heterocycles. The molecule has 19 heavy (non-hydrogen) atoms. The molecule has 2 aromatic rings. The Morgan fingerprint density at radius 1 is 1.53 bits per heavy atom. The van der Waals surface area contributed by atoms with Gasteiger partial charge in [-0.3, -0.25) is 0 Å². The summed E-state index contributed by atoms with van der Waals surface area (Å²) in [6.07, 6.45) is 9.26. The number of H-pyrrole nitrogens is 1. The number of rotatable bonds is 3. The van der Waals surface area contributed by atoms with Gasteiger partial charge in [-0.2, -0.15) is 11.8 Å². The first-order chi connectivity index (χ1) is 9.13. The van der Waals surface area contributed by atoms with Gasteiger partial charge in [0.25, 0.3) is 0 Å². The number of fused-ring (bicyclic) bond motifs is 1. The van der Waals surface area contributed by atoms with E-state index in [1.165, 1.54) is 25.7 Å². The van der Waals surface area contributed by atoms with Gasteiger partial charge in [0, 0.05) is 22.0 Å². The molecule has 2 aromatic heterocycles. The third-order valence-electron chi connectivity index (χ3n) is 3.97. The van der Waals surface area contributed by atoms with E-state index in [1.54, 1.807) is 0 Å². The van der Waals surface area contributed by atoms with Crippen molar-refractivity contribution in [3.63, 3.8) is 0 Å². The molecule has 1 saturated carbocycles. The van der Waals surface area contributed by atoms with E-state index < -0.39 is 0 Å². The molecule has 0 bridgehead atoms. The van der Waals surface area contributed by atoms with E-state index in [0.29, 0.717) is 4.75 Å². The lowest BCUT2D eigenvalue weighted by atomic mass is 10.1. The molecule has 0 amide bonds. The van der Waals surface area contributed by atoms with Crippen molar-refractivity contribution < 1.29 is 0 Å². The third kappa shape index (κ3) is 2.50. The van der Waals surface area contributed by atoms with Crippen LogP contribution >= 0.6 is 39.9 Å². The predicted octanol–water partition coefficient (Wildman–Crippen LogP) is 4.53. The minimum Gasteiger partial charge on any atom is -0.329 e. The molecule has 3 nitrogen and oxygen atoms in total. The molecular formula is C13H16BrN3S2. The minimum absolute atomic E-state index is 0.335. The van der Waals surface area contributed by atoms with Crippen LogP contribution < -0.4 is 0 Å². The summed E-state index contributed by atoms with van der Waals surface area (Å²) in [7, 11) is 0. The van der Waals surface area contributed by atoms with E-state index >= 15 is 0 Å². The summed E-state index contributed by atoms with van der Waals surface area (Å²) < 4.78 is 4.26. The average molecular weight is 358 g/mol. The van der Waals surface area contributed by atoms with Gasteiger partial charge in [-0.15, -0.1) is 0 Å². The molecule has 0 radical (unpaired) electrons. The second-order valence-electron chi connectivity index (χ2n) is 5.14. The van der Waals surface area contributed by atoms with Crippen molar-refractivity contribution in [1.29, 1.82) is 0 Å². The van der Waals surface area contributed by atoms with Crippen LogP contribution in [-0.4, -0.2) is 25.5 Å². The van der Waals surface area contributed by atoms with Crippen LogP contribution in [0.3, 0.4) is 0 Å². The van der Waals surface area contributed by atoms with Crippen LogP contribution in [0.4, 0.5) is 0 Å². The molecule has 0 unspecified atom stereocenters. The average Bonchev–Trinajstić information content (AvgIpc) is 2.96. The zero-order chi connectivity index (χ0) is 13.5. The summed E-state index contributed by atoms with van der Waals surface area (Å²) in [5, 5.41) is 0. The lowest BCUT2D eigenvalue weighted by Crippen LogP contribution is -2.27. The molecule has 1 aliphatic rings. The number of thioether (sulfide) groups is 1. The number of imidazole rings is 1. The topological polar surface area (TPSA) is 33.6 Å². The predicted molar refractivity (Wildman–Crippen MR) is 87.3 cm³/mol. The fraction of sp³-hybridized carbons (Fsp3) is 0.538. The van der Waals surface area contributed by atoms with E-state index in [0.717, 1.165) is 27.0 Å². The van der Waals surface area contributed by atoms with Crippen molar-refractivity contribution in [2.24, 2.45) is 0 Å². The molecule has 0 aliphatic heterocycles. The Kier molecular flexibility index (Phi) is 3.75. The standard InChI is InChI=1S/C13H16BrN3S2/c1-19-13(4-2-3-5-13)8-17-11-10(16-12(17)18)6-9(14)7-15-11/h6-7H,2-5,8H2,1H3,(H,16,18). The maximum atomic E-state index is 5.47. The van der Waals surface area contributed by atoms with Crippen molar-refractivity contribution in [2.75, 3.05) is 6.26 Å². The number of aromatic amines is 1. The van der Waals surface area contributed by atoms with Crippen LogP contribution in [0.15, 0.2) is 16.7 Å². The largest absolute Gasteiger partial charge is 0.329 e. The highest BCUT2D eigenvalue weighted by Crippen LogP contribution is 2.42. The Morgan fingerprint density at radius 3 is 2.95 bits per heavy atom. The van der Waals surface area contributed by atoms with Gasteiger partial charge >= 0.3 is 0 Å². The monoisotopic (exact) mass is 357 g/mol. The van der Waals surface area contributed by atoms with E-state index in [9.17, 15) is 0 Å². The lowest BCUT2D eigenvalue weighted by Gasteiger charge is -2.27. The number of nitrogens with zero attached hydrogens (tertiary/aromatic N) is 2. The van der Waals surface area contributed by atoms with Crippen LogP contribution in [-0.2, 0) is 6.54 Å². The Bertz CT molecular complexity index is 655. The first kappa shape index (κ1) is 13.6. The summed E-state index contributed by atoms with van der Waals surface area (Å²) in [5.74, 6) is 0. The second-order valence-corrected chi connectivity index (χ2v) is 7.71. The van der Waals surface area contributed by atoms with Gasteiger partial charge in [0.15, 0.2) is 10.4 Å². The van der Waals surface area contributed by atoms with Crippen LogP contribution in [0.1, 0.15) is 25.7 Å². The smallest absolute Gasteiger partial charge is 0.179 e. The van der Waals surface area contributed by atoms with Crippen LogP contribution in [0.5, 0.6) is 0 Å². The van der Waals surface area contributed by atoms with E-state index in [1.807, 2.05) is 24.0 Å².